The number of benzene rings is 2. The number of hydrogen-bond donors (Lipinski definition) is 2. The minimum atomic E-state index is -0.0196. The van der Waals surface area contributed by atoms with E-state index in [1.54, 1.807) is 0 Å². The fourth-order valence-electron chi connectivity index (χ4n) is 4.54. The maximum Gasteiger partial charge on any atom is 0.267 e. The Morgan fingerprint density at radius 3 is 2.65 bits per heavy atom. The number of nitrogens with zero attached hydrogens (tertiary/aromatic N) is 2. The zero-order valence-corrected chi connectivity index (χ0v) is 18.8. The summed E-state index contributed by atoms with van der Waals surface area (Å²) in [6.07, 6.45) is 1.19. The predicted octanol–water partition coefficient (Wildman–Crippen LogP) is 4.66. The molecule has 1 saturated carbocycles. The number of carbonyl (C=O) groups is 1. The smallest absolute Gasteiger partial charge is 0.267 e. The predicted molar refractivity (Wildman–Crippen MR) is 127 cm³/mol. The van der Waals surface area contributed by atoms with Gasteiger partial charge in [-0.3, -0.25) is 9.69 Å². The number of halogens is 2. The van der Waals surface area contributed by atoms with Crippen LogP contribution in [0.4, 0.5) is 5.69 Å². The Morgan fingerprint density at radius 1 is 1.03 bits per heavy atom. The van der Waals surface area contributed by atoms with E-state index in [0.29, 0.717) is 27.6 Å². The molecule has 2 heterocycles. The molecule has 1 aliphatic heterocycles. The maximum absolute atomic E-state index is 12.5. The molecule has 2 aliphatic rings. The van der Waals surface area contributed by atoms with Gasteiger partial charge in [-0.1, -0.05) is 47.5 Å². The summed E-state index contributed by atoms with van der Waals surface area (Å²) in [6, 6.07) is 15.7. The molecule has 0 bridgehead atoms. The molecule has 1 amide bonds. The van der Waals surface area contributed by atoms with Crippen LogP contribution in [-0.4, -0.2) is 55.1 Å². The van der Waals surface area contributed by atoms with Crippen LogP contribution in [0.15, 0.2) is 48.5 Å². The van der Waals surface area contributed by atoms with Crippen LogP contribution in [0.2, 0.25) is 10.0 Å². The third kappa shape index (κ3) is 4.54. The number of anilines is 1. The van der Waals surface area contributed by atoms with Gasteiger partial charge in [-0.25, -0.2) is 0 Å². The number of rotatable bonds is 6. The molecule has 3 aromatic rings. The summed E-state index contributed by atoms with van der Waals surface area (Å²) in [5, 5.41) is 5.42. The molecule has 2 fully saturated rings. The number of para-hydroxylation sites is 1. The van der Waals surface area contributed by atoms with Gasteiger partial charge in [0.2, 0.25) is 0 Å². The number of piperazine rings is 1. The van der Waals surface area contributed by atoms with E-state index in [1.807, 2.05) is 48.5 Å². The fourth-order valence-corrected chi connectivity index (χ4v) is 4.95. The number of hydrogen-bond acceptors (Lipinski definition) is 3. The van der Waals surface area contributed by atoms with E-state index in [2.05, 4.69) is 20.1 Å². The highest BCUT2D eigenvalue weighted by atomic mass is 35.5. The molecule has 31 heavy (non-hydrogen) atoms. The number of carbonyl (C=O) groups excluding carboxylic acids is 1. The van der Waals surface area contributed by atoms with Crippen LogP contribution in [0, 0.1) is 11.8 Å². The largest absolute Gasteiger partial charge is 0.368 e. The third-order valence-corrected chi connectivity index (χ3v) is 7.31. The zero-order valence-electron chi connectivity index (χ0n) is 17.3. The van der Waals surface area contributed by atoms with E-state index in [1.165, 1.54) is 6.42 Å². The van der Waals surface area contributed by atoms with Crippen LogP contribution < -0.4 is 10.2 Å². The summed E-state index contributed by atoms with van der Waals surface area (Å²) in [4.78, 5) is 20.5. The van der Waals surface area contributed by atoms with E-state index in [4.69, 9.17) is 23.2 Å². The summed E-state index contributed by atoms with van der Waals surface area (Å²) in [5.74, 6) is 1.23. The third-order valence-electron chi connectivity index (χ3n) is 6.51. The molecule has 7 heteroatoms. The fraction of sp³-hybridized carbons (Fsp3) is 0.375. The second-order valence-electron chi connectivity index (χ2n) is 8.60. The van der Waals surface area contributed by atoms with Gasteiger partial charge in [-0.15, -0.1) is 0 Å². The molecule has 0 radical (unpaired) electrons. The molecule has 2 aromatic carbocycles. The van der Waals surface area contributed by atoms with Crippen molar-refractivity contribution in [3.8, 4) is 0 Å². The van der Waals surface area contributed by atoms with Gasteiger partial charge in [-0.05, 0) is 42.5 Å². The molecule has 1 aromatic heterocycles. The summed E-state index contributed by atoms with van der Waals surface area (Å²) in [6.45, 7) is 5.80. The first-order chi connectivity index (χ1) is 15.1. The Balaban J connectivity index is 1.06. The molecule has 2 atom stereocenters. The van der Waals surface area contributed by atoms with Crippen LogP contribution in [0.1, 0.15) is 16.9 Å². The van der Waals surface area contributed by atoms with Gasteiger partial charge in [0.05, 0.1) is 15.7 Å². The first-order valence-corrected chi connectivity index (χ1v) is 11.6. The number of fused-ring (bicyclic) bond motifs is 1. The second kappa shape index (κ2) is 8.73. The van der Waals surface area contributed by atoms with Gasteiger partial charge in [0, 0.05) is 50.2 Å². The molecule has 1 aliphatic carbocycles. The first kappa shape index (κ1) is 20.7. The van der Waals surface area contributed by atoms with Gasteiger partial charge >= 0.3 is 0 Å². The summed E-state index contributed by atoms with van der Waals surface area (Å²) in [5.41, 5.74) is 2.65. The molecule has 162 valence electrons. The molecule has 1 saturated heterocycles. The van der Waals surface area contributed by atoms with Crippen molar-refractivity contribution in [3.63, 3.8) is 0 Å². The number of aromatic nitrogens is 1. The van der Waals surface area contributed by atoms with Gasteiger partial charge < -0.3 is 15.2 Å². The highest BCUT2D eigenvalue weighted by Crippen LogP contribution is 2.39. The van der Waals surface area contributed by atoms with Crippen LogP contribution in [0.3, 0.4) is 0 Å². The van der Waals surface area contributed by atoms with Gasteiger partial charge in [0.25, 0.3) is 5.91 Å². The quantitative estimate of drug-likeness (QED) is 0.566. The Kier molecular flexibility index (Phi) is 5.83. The van der Waals surface area contributed by atoms with Crippen molar-refractivity contribution in [2.75, 3.05) is 44.2 Å². The molecule has 2 N–H and O–H groups in total. The molecular weight excluding hydrogens is 431 g/mol. The van der Waals surface area contributed by atoms with E-state index < -0.39 is 0 Å². The summed E-state index contributed by atoms with van der Waals surface area (Å²) >= 11 is 12.5. The van der Waals surface area contributed by atoms with Crippen molar-refractivity contribution in [1.82, 2.24) is 15.2 Å². The van der Waals surface area contributed by atoms with Gasteiger partial charge in [-0.2, -0.15) is 0 Å². The average Bonchev–Trinajstić information content (AvgIpc) is 3.37. The second-order valence-corrected chi connectivity index (χ2v) is 9.38. The average molecular weight is 457 g/mol. The number of aromatic amines is 1. The lowest BCUT2D eigenvalue weighted by molar-refractivity contribution is 0.0946. The van der Waals surface area contributed by atoms with Crippen molar-refractivity contribution in [2.24, 2.45) is 11.8 Å². The van der Waals surface area contributed by atoms with Crippen LogP contribution in [0.5, 0.6) is 0 Å². The van der Waals surface area contributed by atoms with Crippen molar-refractivity contribution in [3.05, 3.63) is 64.3 Å². The van der Waals surface area contributed by atoms with Crippen LogP contribution in [-0.2, 0) is 0 Å². The number of H-pyrrole nitrogens is 1. The zero-order chi connectivity index (χ0) is 21.4. The normalized spacial score (nSPS) is 21.4. The van der Waals surface area contributed by atoms with Crippen molar-refractivity contribution in [1.29, 1.82) is 0 Å². The van der Waals surface area contributed by atoms with E-state index in [0.717, 1.165) is 55.9 Å². The molecule has 0 unspecified atom stereocenters. The highest BCUT2D eigenvalue weighted by Gasteiger charge is 2.38. The van der Waals surface area contributed by atoms with Crippen molar-refractivity contribution in [2.45, 2.75) is 6.42 Å². The molecular formula is C24H26Cl2N4O. The number of nitrogens with one attached hydrogen (secondary N) is 2. The molecule has 5 rings (SSSR count). The monoisotopic (exact) mass is 456 g/mol. The van der Waals surface area contributed by atoms with Gasteiger partial charge in [0.15, 0.2) is 0 Å². The summed E-state index contributed by atoms with van der Waals surface area (Å²) < 4.78 is 0. The molecule has 5 nitrogen and oxygen atoms in total. The Labute approximate surface area is 192 Å². The standard InChI is InChI=1S/C24H26Cl2N4O/c25-19-5-3-7-22(23(19)26)30-10-8-29(9-11-30)15-18-12-17(18)14-27-24(31)21-13-16-4-1-2-6-20(16)28-21/h1-7,13,17-18,28H,8-12,14-15H2,(H,27,31)/t17-,18-/m0/s1. The van der Waals surface area contributed by atoms with E-state index in [-0.39, 0.29) is 5.91 Å². The van der Waals surface area contributed by atoms with E-state index >= 15 is 0 Å². The Morgan fingerprint density at radius 2 is 1.84 bits per heavy atom. The first-order valence-electron chi connectivity index (χ1n) is 10.9. The SMILES string of the molecule is O=C(NC[C@@H]1C[C@H]1CN1CCN(c2cccc(Cl)c2Cl)CC1)c1cc2ccccc2[nH]1. The Hall–Kier alpha value is -2.21. The minimum absolute atomic E-state index is 0.0196. The molecule has 0 spiro atoms. The topological polar surface area (TPSA) is 51.4 Å². The van der Waals surface area contributed by atoms with E-state index in [9.17, 15) is 4.79 Å². The lowest BCUT2D eigenvalue weighted by Crippen LogP contribution is -2.47. The van der Waals surface area contributed by atoms with Crippen LogP contribution in [0.25, 0.3) is 10.9 Å². The van der Waals surface area contributed by atoms with Crippen LogP contribution >= 0.6 is 23.2 Å². The lowest BCUT2D eigenvalue weighted by atomic mass is 10.2. The van der Waals surface area contributed by atoms with Crippen molar-refractivity contribution < 1.29 is 4.79 Å². The lowest BCUT2D eigenvalue weighted by Gasteiger charge is -2.36. The minimum Gasteiger partial charge on any atom is -0.368 e. The number of amides is 1. The highest BCUT2D eigenvalue weighted by molar-refractivity contribution is 6.43. The maximum atomic E-state index is 12.5. The van der Waals surface area contributed by atoms with Crippen molar-refractivity contribution >= 4 is 45.7 Å². The summed E-state index contributed by atoms with van der Waals surface area (Å²) in [7, 11) is 0. The Bertz CT molecular complexity index is 1060. The van der Waals surface area contributed by atoms with Gasteiger partial charge in [0.1, 0.15) is 5.69 Å².